The lowest BCUT2D eigenvalue weighted by Crippen LogP contribution is -2.65. The zero-order valence-corrected chi connectivity index (χ0v) is 12.4. The van der Waals surface area contributed by atoms with Gasteiger partial charge in [-0.25, -0.2) is 4.79 Å². The van der Waals surface area contributed by atoms with E-state index in [1.807, 2.05) is 37.4 Å². The quantitative estimate of drug-likeness (QED) is 0.792. The van der Waals surface area contributed by atoms with Crippen LogP contribution in [0.15, 0.2) is 0 Å². The third kappa shape index (κ3) is 2.77. The number of ether oxygens (including phenoxy) is 1. The van der Waals surface area contributed by atoms with E-state index < -0.39 is 5.60 Å². The Labute approximate surface area is 114 Å². The molecule has 1 amide bonds. The number of hydrogen-bond acceptors (Lipinski definition) is 4. The molecule has 1 unspecified atom stereocenters. The summed E-state index contributed by atoms with van der Waals surface area (Å²) >= 11 is 1.99. The van der Waals surface area contributed by atoms with Gasteiger partial charge in [-0.1, -0.05) is 0 Å². The summed E-state index contributed by atoms with van der Waals surface area (Å²) in [7, 11) is 0. The van der Waals surface area contributed by atoms with Crippen LogP contribution in [0.25, 0.3) is 0 Å². The van der Waals surface area contributed by atoms with Crippen molar-refractivity contribution in [3.8, 4) is 0 Å². The van der Waals surface area contributed by atoms with Crippen LogP contribution in [0, 0.1) is 11.3 Å². The fourth-order valence-electron chi connectivity index (χ4n) is 2.81. The smallest absolute Gasteiger partial charge is 0.410 e. The lowest BCUT2D eigenvalue weighted by molar-refractivity contribution is -0.0491. The first-order valence-electron chi connectivity index (χ1n) is 6.62. The molecule has 0 radical (unpaired) electrons. The van der Waals surface area contributed by atoms with Crippen LogP contribution < -0.4 is 5.73 Å². The molecule has 4 nitrogen and oxygen atoms in total. The summed E-state index contributed by atoms with van der Waals surface area (Å²) in [6.07, 6.45) is 1.00. The second-order valence-corrected chi connectivity index (χ2v) is 7.58. The summed E-state index contributed by atoms with van der Waals surface area (Å²) in [5.74, 6) is 2.90. The highest BCUT2D eigenvalue weighted by molar-refractivity contribution is 7.99. The van der Waals surface area contributed by atoms with Gasteiger partial charge in [0.25, 0.3) is 0 Å². The molecule has 2 aliphatic heterocycles. The molecular weight excluding hydrogens is 248 g/mol. The number of amides is 1. The molecule has 104 valence electrons. The van der Waals surface area contributed by atoms with E-state index in [-0.39, 0.29) is 11.5 Å². The largest absolute Gasteiger partial charge is 0.444 e. The van der Waals surface area contributed by atoms with E-state index in [1.54, 1.807) is 0 Å². The van der Waals surface area contributed by atoms with Gasteiger partial charge >= 0.3 is 6.09 Å². The van der Waals surface area contributed by atoms with Gasteiger partial charge in [0.2, 0.25) is 0 Å². The third-order valence-corrected chi connectivity index (χ3v) is 5.12. The third-order valence-electron chi connectivity index (χ3n) is 3.81. The normalized spacial score (nSPS) is 26.9. The van der Waals surface area contributed by atoms with Gasteiger partial charge in [-0.2, -0.15) is 11.8 Å². The van der Waals surface area contributed by atoms with Gasteiger partial charge in [-0.15, -0.1) is 0 Å². The molecule has 2 aliphatic rings. The Kier molecular flexibility index (Phi) is 3.83. The molecule has 0 aromatic carbocycles. The Morgan fingerprint density at radius 1 is 1.50 bits per heavy atom. The molecule has 2 saturated heterocycles. The average Bonchev–Trinajstić information content (AvgIpc) is 2.23. The van der Waals surface area contributed by atoms with Gasteiger partial charge in [-0.05, 0) is 45.4 Å². The summed E-state index contributed by atoms with van der Waals surface area (Å²) in [5, 5.41) is 0. The zero-order chi connectivity index (χ0) is 13.4. The van der Waals surface area contributed by atoms with Crippen molar-refractivity contribution in [2.75, 3.05) is 31.1 Å². The van der Waals surface area contributed by atoms with Gasteiger partial charge in [0, 0.05) is 24.3 Å². The minimum atomic E-state index is -0.408. The molecule has 5 heteroatoms. The van der Waals surface area contributed by atoms with Crippen LogP contribution in [-0.2, 0) is 4.74 Å². The Hall–Kier alpha value is -0.420. The summed E-state index contributed by atoms with van der Waals surface area (Å²) < 4.78 is 5.39. The van der Waals surface area contributed by atoms with Crippen LogP contribution in [0.2, 0.25) is 0 Å². The van der Waals surface area contributed by atoms with Crippen LogP contribution in [0.5, 0.6) is 0 Å². The molecule has 2 N–H and O–H groups in total. The van der Waals surface area contributed by atoms with Crippen LogP contribution in [0.1, 0.15) is 27.2 Å². The Morgan fingerprint density at radius 2 is 2.17 bits per heavy atom. The number of hydrogen-bond donors (Lipinski definition) is 1. The monoisotopic (exact) mass is 272 g/mol. The maximum atomic E-state index is 11.9. The van der Waals surface area contributed by atoms with Crippen molar-refractivity contribution >= 4 is 17.9 Å². The number of likely N-dealkylation sites (tertiary alicyclic amines) is 1. The molecule has 0 aliphatic carbocycles. The molecule has 18 heavy (non-hydrogen) atoms. The highest BCUT2D eigenvalue weighted by Crippen LogP contribution is 2.46. The molecule has 2 heterocycles. The number of thioether (sulfide) groups is 1. The van der Waals surface area contributed by atoms with Crippen molar-refractivity contribution in [2.45, 2.75) is 32.8 Å². The van der Waals surface area contributed by atoms with Crippen LogP contribution >= 0.6 is 11.8 Å². The number of carbonyl (C=O) groups excluding carboxylic acids is 1. The molecule has 0 bridgehead atoms. The number of nitrogens with zero attached hydrogens (tertiary/aromatic N) is 1. The second-order valence-electron chi connectivity index (χ2n) is 6.47. The molecule has 0 aromatic rings. The SMILES string of the molecule is CC(C)(C)OC(=O)N1CC2(CSCCC2CN)C1. The predicted molar refractivity (Wildman–Crippen MR) is 74.7 cm³/mol. The molecular formula is C13H24N2O2S. The van der Waals surface area contributed by atoms with E-state index in [0.29, 0.717) is 5.92 Å². The van der Waals surface area contributed by atoms with E-state index in [0.717, 1.165) is 25.4 Å². The van der Waals surface area contributed by atoms with Gasteiger partial charge in [0.1, 0.15) is 5.60 Å². The maximum absolute atomic E-state index is 11.9. The molecule has 1 spiro atoms. The standard InChI is InChI=1S/C13H24N2O2S/c1-12(2,3)17-11(16)15-7-13(8-15)9-18-5-4-10(13)6-14/h10H,4-9,14H2,1-3H3. The lowest BCUT2D eigenvalue weighted by atomic mass is 9.69. The Balaban J connectivity index is 1.90. The van der Waals surface area contributed by atoms with Crippen molar-refractivity contribution < 1.29 is 9.53 Å². The van der Waals surface area contributed by atoms with Gasteiger partial charge in [-0.3, -0.25) is 0 Å². The first-order valence-corrected chi connectivity index (χ1v) is 7.77. The van der Waals surface area contributed by atoms with Crippen molar-refractivity contribution in [1.82, 2.24) is 4.90 Å². The molecule has 1 atom stereocenters. The van der Waals surface area contributed by atoms with Gasteiger partial charge in [0.05, 0.1) is 0 Å². The topological polar surface area (TPSA) is 55.6 Å². The molecule has 2 rings (SSSR count). The Morgan fingerprint density at radius 3 is 2.72 bits per heavy atom. The minimum absolute atomic E-state index is 0.181. The number of carbonyl (C=O) groups is 1. The van der Waals surface area contributed by atoms with Crippen molar-refractivity contribution in [2.24, 2.45) is 17.1 Å². The Bertz CT molecular complexity index is 321. The summed E-state index contributed by atoms with van der Waals surface area (Å²) in [4.78, 5) is 13.7. The number of rotatable bonds is 1. The molecule has 2 fully saturated rings. The van der Waals surface area contributed by atoms with E-state index in [1.165, 1.54) is 12.2 Å². The van der Waals surface area contributed by atoms with Crippen molar-refractivity contribution in [3.05, 3.63) is 0 Å². The molecule has 0 saturated carbocycles. The first kappa shape index (κ1) is 14.0. The van der Waals surface area contributed by atoms with Crippen LogP contribution in [0.3, 0.4) is 0 Å². The van der Waals surface area contributed by atoms with E-state index in [2.05, 4.69) is 0 Å². The van der Waals surface area contributed by atoms with E-state index >= 15 is 0 Å². The van der Waals surface area contributed by atoms with E-state index in [4.69, 9.17) is 10.5 Å². The summed E-state index contributed by atoms with van der Waals surface area (Å²) in [6.45, 7) is 8.08. The highest BCUT2D eigenvalue weighted by atomic mass is 32.2. The fraction of sp³-hybridized carbons (Fsp3) is 0.923. The highest BCUT2D eigenvalue weighted by Gasteiger charge is 2.51. The lowest BCUT2D eigenvalue weighted by Gasteiger charge is -2.55. The van der Waals surface area contributed by atoms with Crippen LogP contribution in [0.4, 0.5) is 4.79 Å². The summed E-state index contributed by atoms with van der Waals surface area (Å²) in [6, 6.07) is 0. The predicted octanol–water partition coefficient (Wildman–Crippen LogP) is 1.94. The van der Waals surface area contributed by atoms with E-state index in [9.17, 15) is 4.79 Å². The second kappa shape index (κ2) is 4.93. The number of nitrogens with two attached hydrogens (primary N) is 1. The maximum Gasteiger partial charge on any atom is 0.410 e. The van der Waals surface area contributed by atoms with Crippen LogP contribution in [-0.4, -0.2) is 47.7 Å². The average molecular weight is 272 g/mol. The fourth-order valence-corrected chi connectivity index (χ4v) is 4.23. The van der Waals surface area contributed by atoms with Crippen molar-refractivity contribution in [1.29, 1.82) is 0 Å². The van der Waals surface area contributed by atoms with Gasteiger partial charge in [0.15, 0.2) is 0 Å². The van der Waals surface area contributed by atoms with Crippen molar-refractivity contribution in [3.63, 3.8) is 0 Å². The first-order chi connectivity index (χ1) is 8.36. The molecule has 0 aromatic heterocycles. The minimum Gasteiger partial charge on any atom is -0.444 e. The zero-order valence-electron chi connectivity index (χ0n) is 11.6. The summed E-state index contributed by atoms with van der Waals surface area (Å²) in [5.41, 5.74) is 5.72. The van der Waals surface area contributed by atoms with Gasteiger partial charge < -0.3 is 15.4 Å².